The summed E-state index contributed by atoms with van der Waals surface area (Å²) < 4.78 is 0. The Balaban J connectivity index is 2.16. The summed E-state index contributed by atoms with van der Waals surface area (Å²) in [5, 5.41) is 11.7. The molecule has 0 saturated carbocycles. The smallest absolute Gasteiger partial charge is 0.327 e. The molecule has 1 heterocycles. The summed E-state index contributed by atoms with van der Waals surface area (Å²) >= 11 is 0. The minimum absolute atomic E-state index is 0.104. The molecule has 3 N–H and O–H groups in total. The number of quaternary nitrogens is 1. The van der Waals surface area contributed by atoms with E-state index in [9.17, 15) is 9.90 Å². The molecule has 4 heteroatoms. The van der Waals surface area contributed by atoms with Crippen LogP contribution in [0.4, 0.5) is 0 Å². The van der Waals surface area contributed by atoms with E-state index in [1.54, 1.807) is 5.32 Å². The van der Waals surface area contributed by atoms with Crippen molar-refractivity contribution in [2.75, 3.05) is 13.1 Å². The number of nitrogens with two attached hydrogens (primary N) is 1. The fraction of sp³-hybridized carbons (Fsp3) is 0.562. The fourth-order valence-electron chi connectivity index (χ4n) is 2.75. The Morgan fingerprint density at radius 2 is 2.05 bits per heavy atom. The molecule has 0 bridgehead atoms. The minimum atomic E-state index is -0.445. The molecule has 4 nitrogen and oxygen atoms in total. The number of primary amides is 1. The van der Waals surface area contributed by atoms with Crippen LogP contribution in [0.2, 0.25) is 0 Å². The van der Waals surface area contributed by atoms with Crippen molar-refractivity contribution in [3.63, 3.8) is 0 Å². The number of aliphatic hydroxyl groups is 1. The number of benzene rings is 1. The predicted octanol–water partition coefficient (Wildman–Crippen LogP) is 0.368. The van der Waals surface area contributed by atoms with Crippen LogP contribution in [0.5, 0.6) is 0 Å². The number of amides is 1. The highest BCUT2D eigenvalue weighted by atomic mass is 16.3. The van der Waals surface area contributed by atoms with Gasteiger partial charge in [-0.15, -0.1) is 0 Å². The summed E-state index contributed by atoms with van der Waals surface area (Å²) in [6, 6.07) is 10.0. The van der Waals surface area contributed by atoms with Gasteiger partial charge in [0.15, 0.2) is 0 Å². The summed E-state index contributed by atoms with van der Waals surface area (Å²) in [5.41, 5.74) is 1.18. The number of aliphatic hydroxyl groups excluding tert-OH is 1. The minimum Gasteiger partial charge on any atom is -0.386 e. The van der Waals surface area contributed by atoms with Crippen LogP contribution in [0.25, 0.3) is 0 Å². The van der Waals surface area contributed by atoms with Gasteiger partial charge in [-0.25, -0.2) is 4.79 Å². The average Bonchev–Trinajstić information content (AvgIpc) is 2.53. The standard InChI is InChI=1S/C16H24N2O2/c1-12(2)8-15-16(20)17-9-14(19)11-18(15)10-13-6-4-3-5-7-13/h3-7,12,14-15,19H,8-11H2,1-2H3,(H,17,20)/p+1/t14-,15-/m0/s1. The maximum atomic E-state index is 12.3. The summed E-state index contributed by atoms with van der Waals surface area (Å²) in [6.07, 6.45) is 0.398. The maximum absolute atomic E-state index is 12.3. The topological polar surface area (TPSA) is 57.1 Å². The van der Waals surface area contributed by atoms with E-state index >= 15 is 0 Å². The quantitative estimate of drug-likeness (QED) is 0.836. The van der Waals surface area contributed by atoms with E-state index in [2.05, 4.69) is 30.9 Å². The lowest BCUT2D eigenvalue weighted by atomic mass is 10.0. The molecule has 2 rings (SSSR count). The third kappa shape index (κ3) is 4.13. The lowest BCUT2D eigenvalue weighted by molar-refractivity contribution is -0.575. The Hall–Kier alpha value is -1.23. The van der Waals surface area contributed by atoms with E-state index in [4.69, 9.17) is 0 Å². The Morgan fingerprint density at radius 3 is 2.70 bits per heavy atom. The lowest BCUT2D eigenvalue weighted by Crippen LogP contribution is -2.91. The van der Waals surface area contributed by atoms with Gasteiger partial charge in [0.1, 0.15) is 18.7 Å². The van der Waals surface area contributed by atoms with E-state index in [-0.39, 0.29) is 11.9 Å². The summed E-state index contributed by atoms with van der Waals surface area (Å²) in [4.78, 5) is 14.4. The first-order valence-corrected chi connectivity index (χ1v) is 7.39. The molecule has 0 aromatic heterocycles. The van der Waals surface area contributed by atoms with Gasteiger partial charge in [-0.3, -0.25) is 10.2 Å². The third-order valence-electron chi connectivity index (χ3n) is 3.73. The van der Waals surface area contributed by atoms with Crippen molar-refractivity contribution in [2.45, 2.75) is 39.0 Å². The number of nitrogens with zero attached hydrogens (tertiary/aromatic N) is 1. The summed E-state index contributed by atoms with van der Waals surface area (Å²) in [5.74, 6) is 0.622. The molecule has 20 heavy (non-hydrogen) atoms. The van der Waals surface area contributed by atoms with Crippen molar-refractivity contribution in [1.82, 2.24) is 4.90 Å². The van der Waals surface area contributed by atoms with Crippen LogP contribution in [0.15, 0.2) is 30.3 Å². The lowest BCUT2D eigenvalue weighted by Gasteiger charge is -2.28. The van der Waals surface area contributed by atoms with Gasteiger partial charge in [-0.05, 0) is 17.9 Å². The van der Waals surface area contributed by atoms with Crippen molar-refractivity contribution in [3.05, 3.63) is 35.9 Å². The van der Waals surface area contributed by atoms with Crippen LogP contribution >= 0.6 is 0 Å². The van der Waals surface area contributed by atoms with Crippen molar-refractivity contribution in [1.29, 1.82) is 0 Å². The fourth-order valence-corrected chi connectivity index (χ4v) is 2.75. The second-order valence-electron chi connectivity index (χ2n) is 6.06. The first-order chi connectivity index (χ1) is 9.56. The molecule has 1 aromatic rings. The third-order valence-corrected chi connectivity index (χ3v) is 3.73. The van der Waals surface area contributed by atoms with Crippen molar-refractivity contribution >= 4 is 5.91 Å². The molecule has 1 amide bonds. The van der Waals surface area contributed by atoms with Gasteiger partial charge < -0.3 is 5.11 Å². The number of hydrogen-bond acceptors (Lipinski definition) is 3. The van der Waals surface area contributed by atoms with Crippen LogP contribution in [0.3, 0.4) is 0 Å². The van der Waals surface area contributed by atoms with E-state index < -0.39 is 6.10 Å². The Kier molecular flexibility index (Phi) is 5.29. The number of carbonyl (C=O) groups is 1. The number of hydrogen-bond donors (Lipinski definition) is 2. The molecule has 110 valence electrons. The van der Waals surface area contributed by atoms with Gasteiger partial charge in [0.25, 0.3) is 0 Å². The van der Waals surface area contributed by atoms with E-state index in [0.29, 0.717) is 19.0 Å². The highest BCUT2D eigenvalue weighted by molar-refractivity contribution is 5.72. The zero-order valence-electron chi connectivity index (χ0n) is 12.3. The van der Waals surface area contributed by atoms with Crippen LogP contribution < -0.4 is 5.32 Å². The van der Waals surface area contributed by atoms with E-state index in [1.165, 1.54) is 5.56 Å². The second kappa shape index (κ2) is 6.97. The van der Waals surface area contributed by atoms with Crippen LogP contribution in [-0.2, 0) is 11.3 Å². The van der Waals surface area contributed by atoms with Crippen molar-refractivity contribution < 1.29 is 15.2 Å². The molecule has 1 aliphatic heterocycles. The zero-order chi connectivity index (χ0) is 14.5. The molecular formula is C16H25N2O2+. The summed E-state index contributed by atoms with van der Waals surface area (Å²) in [6.45, 7) is 6.02. The van der Waals surface area contributed by atoms with E-state index in [0.717, 1.165) is 13.0 Å². The monoisotopic (exact) mass is 277 g/mol. The first-order valence-electron chi connectivity index (χ1n) is 7.39. The van der Waals surface area contributed by atoms with Crippen molar-refractivity contribution in [3.8, 4) is 0 Å². The van der Waals surface area contributed by atoms with Gasteiger partial charge in [-0.1, -0.05) is 44.2 Å². The van der Waals surface area contributed by atoms with Crippen molar-refractivity contribution in [2.24, 2.45) is 5.92 Å². The van der Waals surface area contributed by atoms with Crippen LogP contribution in [0.1, 0.15) is 25.8 Å². The van der Waals surface area contributed by atoms with Gasteiger partial charge in [0, 0.05) is 13.1 Å². The normalized spacial score (nSPS) is 24.9. The molecule has 2 atom stereocenters. The van der Waals surface area contributed by atoms with Gasteiger partial charge >= 0.3 is 5.91 Å². The molecule has 0 spiro atoms. The number of β-amino-alcohol motifs (C(OH)–C–C–N with tert-alkyl or cyclic N) is 1. The largest absolute Gasteiger partial charge is 0.386 e. The highest BCUT2D eigenvalue weighted by Gasteiger charge is 2.34. The summed E-state index contributed by atoms with van der Waals surface area (Å²) in [7, 11) is 0. The zero-order valence-corrected chi connectivity index (χ0v) is 12.3. The molecule has 0 radical (unpaired) electrons. The highest BCUT2D eigenvalue weighted by Crippen LogP contribution is 2.16. The molecular weight excluding hydrogens is 252 g/mol. The SMILES string of the molecule is CC(C)C[C@H]1C(=O)[NH2+]C[C@H](O)CN1Cc1ccccc1. The Morgan fingerprint density at radius 1 is 1.35 bits per heavy atom. The van der Waals surface area contributed by atoms with Gasteiger partial charge in [-0.2, -0.15) is 0 Å². The average molecular weight is 277 g/mol. The molecule has 1 saturated heterocycles. The number of carbonyl (C=O) groups excluding carboxylic acids is 1. The Bertz CT molecular complexity index is 433. The van der Waals surface area contributed by atoms with E-state index in [1.807, 2.05) is 18.2 Å². The van der Waals surface area contributed by atoms with Gasteiger partial charge in [0.05, 0.1) is 0 Å². The predicted molar refractivity (Wildman–Crippen MR) is 77.9 cm³/mol. The molecule has 0 aliphatic carbocycles. The van der Waals surface area contributed by atoms with Crippen LogP contribution in [-0.4, -0.2) is 41.1 Å². The molecule has 1 fully saturated rings. The second-order valence-corrected chi connectivity index (χ2v) is 6.06. The van der Waals surface area contributed by atoms with Gasteiger partial charge in [0.2, 0.25) is 0 Å². The molecule has 1 aromatic carbocycles. The Labute approximate surface area is 120 Å². The number of rotatable bonds is 4. The molecule has 1 aliphatic rings. The molecule has 0 unspecified atom stereocenters. The maximum Gasteiger partial charge on any atom is 0.327 e. The van der Waals surface area contributed by atoms with Crippen LogP contribution in [0, 0.1) is 5.92 Å². The first kappa shape index (κ1) is 15.2.